The zero-order valence-corrected chi connectivity index (χ0v) is 19.9. The molecule has 1 fully saturated rings. The first-order valence-electron chi connectivity index (χ1n) is 11.9. The van der Waals surface area contributed by atoms with E-state index in [9.17, 15) is 5.11 Å². The van der Waals surface area contributed by atoms with Gasteiger partial charge in [-0.15, -0.1) is 0 Å². The Morgan fingerprint density at radius 3 is 2.61 bits per heavy atom. The Kier molecular flexibility index (Phi) is 5.94. The average Bonchev–Trinajstić information content (AvgIpc) is 3.21. The highest BCUT2D eigenvalue weighted by Gasteiger charge is 2.34. The number of rotatable bonds is 5. The van der Waals surface area contributed by atoms with Crippen LogP contribution in [0.2, 0.25) is 0 Å². The summed E-state index contributed by atoms with van der Waals surface area (Å²) >= 11 is 0. The Morgan fingerprint density at radius 1 is 1.12 bits per heavy atom. The summed E-state index contributed by atoms with van der Waals surface area (Å²) in [6.45, 7) is 9.42. The van der Waals surface area contributed by atoms with E-state index in [4.69, 9.17) is 4.98 Å². The summed E-state index contributed by atoms with van der Waals surface area (Å²) in [6.07, 6.45) is 4.17. The number of aromatic nitrogens is 4. The fraction of sp³-hybridized carbons (Fsp3) is 0.542. The molecule has 2 aliphatic heterocycles. The quantitative estimate of drug-likeness (QED) is 0.614. The van der Waals surface area contributed by atoms with E-state index in [0.717, 1.165) is 67.4 Å². The molecule has 2 unspecified atom stereocenters. The molecule has 3 atom stereocenters. The molecule has 3 aromatic heterocycles. The number of nitrogens with zero attached hydrogens (tertiary/aromatic N) is 7. The van der Waals surface area contributed by atoms with Gasteiger partial charge < -0.3 is 24.8 Å². The normalized spacial score (nSPS) is 23.0. The van der Waals surface area contributed by atoms with Crippen LogP contribution in [0.15, 0.2) is 30.6 Å². The second-order valence-corrected chi connectivity index (χ2v) is 9.49. The number of aliphatic hydroxyl groups is 1. The van der Waals surface area contributed by atoms with Crippen molar-refractivity contribution in [3.8, 4) is 0 Å². The minimum Gasteiger partial charge on any atom is -0.373 e. The molecule has 9 nitrogen and oxygen atoms in total. The summed E-state index contributed by atoms with van der Waals surface area (Å²) in [6, 6.07) is 6.34. The van der Waals surface area contributed by atoms with E-state index >= 15 is 0 Å². The highest BCUT2D eigenvalue weighted by Crippen LogP contribution is 2.37. The minimum absolute atomic E-state index is 0.250. The van der Waals surface area contributed by atoms with Crippen LogP contribution in [0.4, 0.5) is 17.5 Å². The Labute approximate surface area is 195 Å². The number of hydrogen-bond donors (Lipinski definition) is 2. The van der Waals surface area contributed by atoms with Gasteiger partial charge in [0.2, 0.25) is 5.95 Å². The lowest BCUT2D eigenvalue weighted by Gasteiger charge is -2.39. The lowest BCUT2D eigenvalue weighted by molar-refractivity contribution is -0.0201. The predicted octanol–water partition coefficient (Wildman–Crippen LogP) is 2.85. The van der Waals surface area contributed by atoms with E-state index in [2.05, 4.69) is 56.6 Å². The van der Waals surface area contributed by atoms with Crippen molar-refractivity contribution in [2.45, 2.75) is 32.5 Å². The number of aliphatic hydroxyl groups excluding tert-OH is 1. The van der Waals surface area contributed by atoms with Crippen molar-refractivity contribution in [2.24, 2.45) is 5.92 Å². The Hall–Kier alpha value is -2.75. The smallest absolute Gasteiger partial charge is 0.230 e. The second kappa shape index (κ2) is 8.89. The fourth-order valence-corrected chi connectivity index (χ4v) is 4.87. The van der Waals surface area contributed by atoms with Gasteiger partial charge in [0, 0.05) is 44.3 Å². The summed E-state index contributed by atoms with van der Waals surface area (Å²) < 4.78 is 2.21. The molecular weight excluding hydrogens is 416 g/mol. The van der Waals surface area contributed by atoms with Crippen LogP contribution in [0.1, 0.15) is 38.2 Å². The van der Waals surface area contributed by atoms with Crippen LogP contribution in [-0.2, 0) is 0 Å². The van der Waals surface area contributed by atoms with Crippen molar-refractivity contribution >= 4 is 28.5 Å². The monoisotopic (exact) mass is 450 g/mol. The van der Waals surface area contributed by atoms with E-state index in [1.807, 2.05) is 36.5 Å². The molecule has 0 spiro atoms. The molecule has 176 valence electrons. The van der Waals surface area contributed by atoms with Gasteiger partial charge in [0.1, 0.15) is 17.7 Å². The summed E-state index contributed by atoms with van der Waals surface area (Å²) in [5.41, 5.74) is 2.87. The van der Waals surface area contributed by atoms with Crippen LogP contribution in [-0.4, -0.2) is 81.2 Å². The van der Waals surface area contributed by atoms with Gasteiger partial charge in [-0.2, -0.15) is 4.98 Å². The molecule has 0 bridgehead atoms. The van der Waals surface area contributed by atoms with Crippen molar-refractivity contribution in [2.75, 3.05) is 57.0 Å². The van der Waals surface area contributed by atoms with Gasteiger partial charge in [-0.1, -0.05) is 20.3 Å². The highest BCUT2D eigenvalue weighted by molar-refractivity contribution is 5.78. The van der Waals surface area contributed by atoms with Crippen LogP contribution in [0.25, 0.3) is 11.0 Å². The van der Waals surface area contributed by atoms with Crippen molar-refractivity contribution in [3.63, 3.8) is 0 Å². The second-order valence-electron chi connectivity index (χ2n) is 9.49. The zero-order valence-electron chi connectivity index (χ0n) is 19.9. The first-order chi connectivity index (χ1) is 15.9. The van der Waals surface area contributed by atoms with Crippen LogP contribution in [0, 0.1) is 5.92 Å². The average molecular weight is 451 g/mol. The number of piperazine rings is 1. The van der Waals surface area contributed by atoms with Gasteiger partial charge in [-0.25, -0.2) is 9.97 Å². The molecule has 5 heterocycles. The third-order valence-corrected chi connectivity index (χ3v) is 7.25. The lowest BCUT2D eigenvalue weighted by Crippen LogP contribution is -2.44. The lowest BCUT2D eigenvalue weighted by atomic mass is 9.96. The van der Waals surface area contributed by atoms with Gasteiger partial charge in [0.25, 0.3) is 0 Å². The van der Waals surface area contributed by atoms with Crippen molar-refractivity contribution < 1.29 is 5.11 Å². The van der Waals surface area contributed by atoms with Crippen LogP contribution < -0.4 is 10.2 Å². The molecule has 2 N–H and O–H groups in total. The first-order valence-corrected chi connectivity index (χ1v) is 11.9. The third kappa shape index (κ3) is 4.16. The summed E-state index contributed by atoms with van der Waals surface area (Å²) in [5, 5.41) is 15.0. The molecule has 1 saturated heterocycles. The molecule has 0 aromatic carbocycles. The fourth-order valence-electron chi connectivity index (χ4n) is 4.87. The van der Waals surface area contributed by atoms with Crippen LogP contribution in [0.3, 0.4) is 0 Å². The number of fused-ring (bicyclic) bond motifs is 3. The van der Waals surface area contributed by atoms with E-state index in [1.54, 1.807) is 0 Å². The standard InChI is InChI=1S/C24H34N8O/c1-5-16(2)20-15-30(4)23(33)19-12-17-13-26-24(28-22(17)32(19)20)27-21-7-6-18(14-25-21)31-10-8-29(3)9-11-31/h6-7,12-14,16,20,23,33H,5,8-11,15H2,1-4H3,(H,25,26,27,28)/t16?,20-,23?/m1/s1. The molecular formula is C24H34N8O. The van der Waals surface area contributed by atoms with E-state index in [1.165, 1.54) is 0 Å². The Morgan fingerprint density at radius 2 is 1.91 bits per heavy atom. The molecule has 9 heteroatoms. The van der Waals surface area contributed by atoms with Gasteiger partial charge in [0.05, 0.1) is 23.6 Å². The van der Waals surface area contributed by atoms with Crippen molar-refractivity contribution in [1.82, 2.24) is 29.3 Å². The third-order valence-electron chi connectivity index (χ3n) is 7.25. The highest BCUT2D eigenvalue weighted by atomic mass is 16.3. The maximum Gasteiger partial charge on any atom is 0.230 e. The molecule has 0 aliphatic carbocycles. The molecule has 3 aromatic rings. The predicted molar refractivity (Wildman–Crippen MR) is 131 cm³/mol. The Balaban J connectivity index is 1.41. The molecule has 33 heavy (non-hydrogen) atoms. The van der Waals surface area contributed by atoms with Gasteiger partial charge in [0.15, 0.2) is 0 Å². The molecule has 0 amide bonds. The van der Waals surface area contributed by atoms with E-state index in [0.29, 0.717) is 11.9 Å². The topological polar surface area (TPSA) is 85.6 Å². The molecule has 5 rings (SSSR count). The van der Waals surface area contributed by atoms with E-state index in [-0.39, 0.29) is 6.04 Å². The van der Waals surface area contributed by atoms with E-state index < -0.39 is 6.23 Å². The molecule has 0 radical (unpaired) electrons. The largest absolute Gasteiger partial charge is 0.373 e. The molecule has 0 saturated carbocycles. The van der Waals surface area contributed by atoms with Crippen molar-refractivity contribution in [3.05, 3.63) is 36.3 Å². The first kappa shape index (κ1) is 22.1. The summed E-state index contributed by atoms with van der Waals surface area (Å²) in [7, 11) is 4.13. The maximum absolute atomic E-state index is 10.8. The maximum atomic E-state index is 10.8. The van der Waals surface area contributed by atoms with Gasteiger partial charge >= 0.3 is 0 Å². The Bertz CT molecular complexity index is 1110. The number of hydrogen-bond acceptors (Lipinski definition) is 8. The number of pyridine rings is 1. The minimum atomic E-state index is -0.639. The number of anilines is 3. The SMILES string of the molecule is CCC(C)[C@H]1CN(C)C(O)c2cc3cnc(Nc4ccc(N5CCN(C)CC5)cn4)nc3n21. The summed E-state index contributed by atoms with van der Waals surface area (Å²) in [5.74, 6) is 1.69. The number of likely N-dealkylation sites (N-methyl/N-ethyl adjacent to an activating group) is 2. The molecule has 2 aliphatic rings. The van der Waals surface area contributed by atoms with Crippen molar-refractivity contribution in [1.29, 1.82) is 0 Å². The van der Waals surface area contributed by atoms with Crippen LogP contribution in [0.5, 0.6) is 0 Å². The summed E-state index contributed by atoms with van der Waals surface area (Å²) in [4.78, 5) is 20.7. The zero-order chi connectivity index (χ0) is 23.1. The van der Waals surface area contributed by atoms with Crippen LogP contribution >= 0.6 is 0 Å². The van der Waals surface area contributed by atoms with Gasteiger partial charge in [-0.05, 0) is 38.2 Å². The van der Waals surface area contributed by atoms with Gasteiger partial charge in [-0.3, -0.25) is 4.90 Å². The number of nitrogens with one attached hydrogen (secondary N) is 1.